The minimum atomic E-state index is -1.84. The topological polar surface area (TPSA) is 128 Å². The molecule has 0 fully saturated rings. The maximum absolute atomic E-state index is 14.4. The van der Waals surface area contributed by atoms with Crippen molar-refractivity contribution in [3.8, 4) is 6.07 Å². The number of para-hydroxylation sites is 1. The van der Waals surface area contributed by atoms with Crippen molar-refractivity contribution < 1.29 is 13.6 Å². The largest absolute Gasteiger partial charge is 0.384 e. The summed E-state index contributed by atoms with van der Waals surface area (Å²) in [6.07, 6.45) is 0. The van der Waals surface area contributed by atoms with Crippen LogP contribution in [0.2, 0.25) is 0 Å². The van der Waals surface area contributed by atoms with Crippen molar-refractivity contribution in [1.82, 2.24) is 9.97 Å². The van der Waals surface area contributed by atoms with Crippen LogP contribution in [0, 0.1) is 23.0 Å². The fourth-order valence-corrected chi connectivity index (χ4v) is 6.07. The van der Waals surface area contributed by atoms with Crippen LogP contribution in [-0.4, -0.2) is 15.9 Å². The second kappa shape index (κ2) is 9.66. The van der Waals surface area contributed by atoms with Gasteiger partial charge < -0.3 is 20.9 Å². The minimum absolute atomic E-state index is 0.0487. The van der Waals surface area contributed by atoms with Gasteiger partial charge in [0.25, 0.3) is 5.56 Å². The number of nitrogens with one attached hydrogen (secondary N) is 2. The van der Waals surface area contributed by atoms with Gasteiger partial charge in [0.1, 0.15) is 34.8 Å². The zero-order valence-corrected chi connectivity index (χ0v) is 21.6. The van der Waals surface area contributed by atoms with E-state index in [0.717, 1.165) is 0 Å². The lowest BCUT2D eigenvalue weighted by Crippen LogP contribution is -2.49. The normalized spacial score (nSPS) is 17.4. The van der Waals surface area contributed by atoms with E-state index >= 15 is 0 Å². The molecule has 1 atom stereocenters. The number of carbonyl (C=O) groups is 1. The average Bonchev–Trinajstić information content (AvgIpc) is 3.16. The average molecular weight is 555 g/mol. The number of carbonyl (C=O) groups excluding carboxylic acids is 1. The first-order chi connectivity index (χ1) is 19.3. The number of nitriles is 1. The van der Waals surface area contributed by atoms with Gasteiger partial charge in [-0.25, -0.2) is 13.8 Å². The summed E-state index contributed by atoms with van der Waals surface area (Å²) in [5.41, 5.74) is 5.93. The Morgan fingerprint density at radius 2 is 1.77 bits per heavy atom. The number of benzene rings is 3. The monoisotopic (exact) mass is 554 g/mol. The number of amides is 1. The standard InChI is InChI=1S/C29H20F2N6O2S/c30-18-10-8-16(9-11-18)14-37-22-7-2-1-6-20(22)29(27(37)39)21(13-32)24(33)34-25-23(29)26(38)36-28(35-25)40-15-17-4-3-5-19(31)12-17/h1-12H,14-15,33H2,(H2,34,35,36,38)/t29-/m0/s1. The summed E-state index contributed by atoms with van der Waals surface area (Å²) in [5, 5.41) is 13.3. The maximum atomic E-state index is 14.4. The highest BCUT2D eigenvalue weighted by Gasteiger charge is 2.60. The van der Waals surface area contributed by atoms with Gasteiger partial charge in [-0.2, -0.15) is 5.26 Å². The van der Waals surface area contributed by atoms with Gasteiger partial charge in [-0.05, 0) is 41.5 Å². The molecule has 2 aliphatic rings. The van der Waals surface area contributed by atoms with Gasteiger partial charge in [-0.1, -0.05) is 54.2 Å². The molecule has 0 bridgehead atoms. The molecule has 0 radical (unpaired) electrons. The molecule has 0 unspecified atom stereocenters. The molecule has 1 amide bonds. The molecule has 0 saturated carbocycles. The van der Waals surface area contributed by atoms with Crippen LogP contribution in [0.1, 0.15) is 22.3 Å². The smallest absolute Gasteiger partial charge is 0.258 e. The number of hydrogen-bond donors (Lipinski definition) is 3. The Hall–Kier alpha value is -4.95. The maximum Gasteiger partial charge on any atom is 0.258 e. The summed E-state index contributed by atoms with van der Waals surface area (Å²) >= 11 is 1.18. The van der Waals surface area contributed by atoms with Crippen molar-refractivity contribution in [3.05, 3.63) is 128 Å². The third kappa shape index (κ3) is 3.92. The number of H-pyrrole nitrogens is 1. The van der Waals surface area contributed by atoms with E-state index in [0.29, 0.717) is 28.1 Å². The van der Waals surface area contributed by atoms with Crippen LogP contribution >= 0.6 is 11.8 Å². The number of aromatic nitrogens is 2. The zero-order valence-electron chi connectivity index (χ0n) is 20.7. The lowest BCUT2D eigenvalue weighted by atomic mass is 9.69. The SMILES string of the molecule is N#CC1=C(N)Nc2nc(SCc3cccc(F)c3)[nH]c(=O)c2[C@@]12C(=O)N(Cc1ccc(F)cc1)c1ccccc12. The van der Waals surface area contributed by atoms with Crippen LogP contribution < -0.4 is 21.5 Å². The molecule has 6 rings (SSSR count). The van der Waals surface area contributed by atoms with E-state index in [4.69, 9.17) is 5.73 Å². The van der Waals surface area contributed by atoms with Crippen molar-refractivity contribution in [2.24, 2.45) is 5.73 Å². The van der Waals surface area contributed by atoms with Crippen LogP contribution in [0.4, 0.5) is 20.3 Å². The second-order valence-corrected chi connectivity index (χ2v) is 10.3. The molecule has 198 valence electrons. The minimum Gasteiger partial charge on any atom is -0.384 e. The number of nitrogens with zero attached hydrogens (tertiary/aromatic N) is 3. The molecular weight excluding hydrogens is 534 g/mol. The first-order valence-corrected chi connectivity index (χ1v) is 13.2. The van der Waals surface area contributed by atoms with E-state index in [2.05, 4.69) is 21.4 Å². The van der Waals surface area contributed by atoms with Crippen molar-refractivity contribution in [2.75, 3.05) is 10.2 Å². The Morgan fingerprint density at radius 3 is 2.52 bits per heavy atom. The fourth-order valence-electron chi connectivity index (χ4n) is 5.26. The number of nitrogens with two attached hydrogens (primary N) is 1. The molecule has 40 heavy (non-hydrogen) atoms. The van der Waals surface area contributed by atoms with E-state index in [9.17, 15) is 23.6 Å². The van der Waals surface area contributed by atoms with E-state index in [1.165, 1.54) is 40.9 Å². The molecule has 8 nitrogen and oxygen atoms in total. The first-order valence-electron chi connectivity index (χ1n) is 12.2. The Morgan fingerprint density at radius 1 is 1.00 bits per heavy atom. The molecule has 1 spiro atoms. The number of fused-ring (bicyclic) bond motifs is 4. The molecule has 2 aliphatic heterocycles. The van der Waals surface area contributed by atoms with Gasteiger partial charge >= 0.3 is 0 Å². The molecule has 3 aromatic carbocycles. The van der Waals surface area contributed by atoms with Crippen LogP contribution in [-0.2, 0) is 22.5 Å². The van der Waals surface area contributed by atoms with Gasteiger partial charge in [0.15, 0.2) is 5.16 Å². The zero-order chi connectivity index (χ0) is 28.0. The Kier molecular flexibility index (Phi) is 6.12. The van der Waals surface area contributed by atoms with Gasteiger partial charge in [0.05, 0.1) is 17.7 Å². The van der Waals surface area contributed by atoms with Crippen LogP contribution in [0.5, 0.6) is 0 Å². The van der Waals surface area contributed by atoms with Gasteiger partial charge in [-0.15, -0.1) is 0 Å². The van der Waals surface area contributed by atoms with Crippen molar-refractivity contribution >= 4 is 29.2 Å². The molecule has 4 aromatic rings. The van der Waals surface area contributed by atoms with E-state index in [-0.39, 0.29) is 40.3 Å². The number of rotatable bonds is 5. The summed E-state index contributed by atoms with van der Waals surface area (Å²) in [4.78, 5) is 36.9. The highest BCUT2D eigenvalue weighted by molar-refractivity contribution is 7.98. The lowest BCUT2D eigenvalue weighted by Gasteiger charge is -2.34. The highest BCUT2D eigenvalue weighted by atomic mass is 32.2. The lowest BCUT2D eigenvalue weighted by molar-refractivity contribution is -0.120. The van der Waals surface area contributed by atoms with Crippen molar-refractivity contribution in [1.29, 1.82) is 5.26 Å². The van der Waals surface area contributed by atoms with E-state index in [1.807, 2.05) is 0 Å². The second-order valence-electron chi connectivity index (χ2n) is 9.32. The molecule has 1 aromatic heterocycles. The Bertz CT molecular complexity index is 1810. The summed E-state index contributed by atoms with van der Waals surface area (Å²) in [7, 11) is 0. The predicted molar refractivity (Wildman–Crippen MR) is 146 cm³/mol. The summed E-state index contributed by atoms with van der Waals surface area (Å²) in [6.45, 7) is 0.0756. The van der Waals surface area contributed by atoms with Gasteiger partial charge in [0.2, 0.25) is 5.91 Å². The van der Waals surface area contributed by atoms with E-state index < -0.39 is 22.7 Å². The molecule has 3 heterocycles. The summed E-state index contributed by atoms with van der Waals surface area (Å²) < 4.78 is 27.2. The molecule has 4 N–H and O–H groups in total. The number of halogens is 2. The van der Waals surface area contributed by atoms with Crippen LogP contribution in [0.15, 0.2) is 94.1 Å². The number of hydrogen-bond acceptors (Lipinski definition) is 7. The Labute approximate surface area is 231 Å². The van der Waals surface area contributed by atoms with Gasteiger partial charge in [-0.3, -0.25) is 9.59 Å². The van der Waals surface area contributed by atoms with Gasteiger partial charge in [0, 0.05) is 17.0 Å². The third-order valence-corrected chi connectivity index (χ3v) is 7.91. The third-order valence-electron chi connectivity index (χ3n) is 6.97. The summed E-state index contributed by atoms with van der Waals surface area (Å²) in [6, 6.07) is 20.7. The summed E-state index contributed by atoms with van der Waals surface area (Å²) in [5.74, 6) is -1.06. The number of aromatic amines is 1. The highest BCUT2D eigenvalue weighted by Crippen LogP contribution is 2.53. The molecule has 11 heteroatoms. The van der Waals surface area contributed by atoms with E-state index in [1.54, 1.807) is 48.5 Å². The molecule has 0 saturated heterocycles. The predicted octanol–water partition coefficient (Wildman–Crippen LogP) is 4.29. The van der Waals surface area contributed by atoms with Crippen molar-refractivity contribution in [3.63, 3.8) is 0 Å². The van der Waals surface area contributed by atoms with Crippen molar-refractivity contribution in [2.45, 2.75) is 22.9 Å². The first kappa shape index (κ1) is 25.3. The number of anilines is 2. The van der Waals surface area contributed by atoms with Crippen LogP contribution in [0.25, 0.3) is 0 Å². The van der Waals surface area contributed by atoms with Crippen LogP contribution in [0.3, 0.4) is 0 Å². The fraction of sp³-hybridized carbons (Fsp3) is 0.103. The Balaban J connectivity index is 1.48. The molecule has 0 aliphatic carbocycles. The number of thioether (sulfide) groups is 1. The molecular formula is C29H20F2N6O2S. The quantitative estimate of drug-likeness (QED) is 0.248.